The van der Waals surface area contributed by atoms with E-state index in [0.717, 1.165) is 0 Å². The summed E-state index contributed by atoms with van der Waals surface area (Å²) in [4.78, 5) is 9.84. The molecule has 0 radical (unpaired) electrons. The SMILES string of the molecule is Cc1c([N+](=O)[O-])cccc1S(=O)(=O)O[C@H]1CO1. The molecule has 1 aliphatic heterocycles. The maximum atomic E-state index is 11.8. The molecule has 8 heteroatoms. The molecule has 0 aromatic heterocycles. The standard InChI is InChI=1S/C9H9NO6S/c1-6-7(10(11)12)3-2-4-8(6)17(13,14)16-9-5-15-9/h2-4,9H,5H2,1H3/t9-/m0/s1. The summed E-state index contributed by atoms with van der Waals surface area (Å²) in [6.07, 6.45) is -0.765. The van der Waals surface area contributed by atoms with Gasteiger partial charge in [-0.25, -0.2) is 4.18 Å². The molecule has 0 N–H and O–H groups in total. The smallest absolute Gasteiger partial charge is 0.300 e. The fraction of sp³-hybridized carbons (Fsp3) is 0.333. The van der Waals surface area contributed by atoms with Gasteiger partial charge in [-0.3, -0.25) is 10.1 Å². The summed E-state index contributed by atoms with van der Waals surface area (Å²) in [5.74, 6) is 0. The van der Waals surface area contributed by atoms with Crippen molar-refractivity contribution in [3.8, 4) is 0 Å². The molecule has 1 saturated heterocycles. The zero-order valence-electron chi connectivity index (χ0n) is 8.82. The molecule has 1 aliphatic rings. The number of hydrogen-bond donors (Lipinski definition) is 0. The van der Waals surface area contributed by atoms with Crippen LogP contribution < -0.4 is 0 Å². The van der Waals surface area contributed by atoms with Gasteiger partial charge in [0.2, 0.25) is 0 Å². The zero-order chi connectivity index (χ0) is 12.6. The maximum absolute atomic E-state index is 11.8. The molecular weight excluding hydrogens is 250 g/mol. The predicted molar refractivity (Wildman–Crippen MR) is 55.8 cm³/mol. The van der Waals surface area contributed by atoms with Crippen molar-refractivity contribution in [1.29, 1.82) is 0 Å². The van der Waals surface area contributed by atoms with Gasteiger partial charge in [0.05, 0.1) is 4.92 Å². The summed E-state index contributed by atoms with van der Waals surface area (Å²) in [6, 6.07) is 3.80. The highest BCUT2D eigenvalue weighted by molar-refractivity contribution is 7.86. The highest BCUT2D eigenvalue weighted by Crippen LogP contribution is 2.28. The minimum atomic E-state index is -4.01. The second kappa shape index (κ2) is 4.06. The molecule has 0 spiro atoms. The Bertz CT molecular complexity index is 563. The van der Waals surface area contributed by atoms with Crippen LogP contribution in [0.1, 0.15) is 5.56 Å². The van der Waals surface area contributed by atoms with Crippen LogP contribution in [0.15, 0.2) is 23.1 Å². The number of ether oxygens (including phenoxy) is 1. The van der Waals surface area contributed by atoms with E-state index in [1.54, 1.807) is 0 Å². The van der Waals surface area contributed by atoms with Crippen molar-refractivity contribution < 1.29 is 22.3 Å². The third-order valence-electron chi connectivity index (χ3n) is 2.26. The molecular formula is C9H9NO6S. The molecule has 0 amide bonds. The first-order valence-electron chi connectivity index (χ1n) is 4.71. The lowest BCUT2D eigenvalue weighted by Crippen LogP contribution is -2.11. The van der Waals surface area contributed by atoms with E-state index in [9.17, 15) is 18.5 Å². The van der Waals surface area contributed by atoms with Gasteiger partial charge < -0.3 is 4.74 Å². The van der Waals surface area contributed by atoms with Gasteiger partial charge >= 0.3 is 0 Å². The van der Waals surface area contributed by atoms with Crippen molar-refractivity contribution in [2.75, 3.05) is 6.61 Å². The van der Waals surface area contributed by atoms with Crippen LogP contribution in [-0.2, 0) is 19.0 Å². The lowest BCUT2D eigenvalue weighted by atomic mass is 10.2. The number of benzene rings is 1. The fourth-order valence-corrected chi connectivity index (χ4v) is 2.58. The van der Waals surface area contributed by atoms with E-state index in [0.29, 0.717) is 0 Å². The molecule has 1 fully saturated rings. The Kier molecular flexibility index (Phi) is 2.86. The molecule has 0 aliphatic carbocycles. The van der Waals surface area contributed by atoms with Gasteiger partial charge in [-0.15, -0.1) is 0 Å². The average Bonchev–Trinajstić information content (AvgIpc) is 3.00. The zero-order valence-corrected chi connectivity index (χ0v) is 9.64. The quantitative estimate of drug-likeness (QED) is 0.345. The van der Waals surface area contributed by atoms with Crippen LogP contribution >= 0.6 is 0 Å². The second-order valence-electron chi connectivity index (χ2n) is 3.47. The second-order valence-corrected chi connectivity index (χ2v) is 5.01. The Morgan fingerprint density at radius 2 is 2.18 bits per heavy atom. The van der Waals surface area contributed by atoms with Gasteiger partial charge in [0.15, 0.2) is 6.29 Å². The summed E-state index contributed by atoms with van der Waals surface area (Å²) < 4.78 is 32.8. The normalized spacial score (nSPS) is 19.0. The molecule has 0 saturated carbocycles. The summed E-state index contributed by atoms with van der Waals surface area (Å²) in [5.41, 5.74) is -0.204. The molecule has 1 atom stereocenters. The van der Waals surface area contributed by atoms with E-state index in [1.165, 1.54) is 25.1 Å². The van der Waals surface area contributed by atoms with E-state index in [2.05, 4.69) is 8.92 Å². The first-order chi connectivity index (χ1) is 7.92. The van der Waals surface area contributed by atoms with E-state index in [-0.39, 0.29) is 22.8 Å². The lowest BCUT2D eigenvalue weighted by molar-refractivity contribution is -0.385. The van der Waals surface area contributed by atoms with Gasteiger partial charge in [0.25, 0.3) is 15.8 Å². The van der Waals surface area contributed by atoms with Crippen LogP contribution in [0, 0.1) is 17.0 Å². The Morgan fingerprint density at radius 3 is 2.71 bits per heavy atom. The molecule has 17 heavy (non-hydrogen) atoms. The number of nitro benzene ring substituents is 1. The molecule has 1 heterocycles. The van der Waals surface area contributed by atoms with E-state index in [4.69, 9.17) is 0 Å². The highest BCUT2D eigenvalue weighted by atomic mass is 32.2. The molecule has 1 aromatic rings. The number of hydrogen-bond acceptors (Lipinski definition) is 6. The van der Waals surface area contributed by atoms with Gasteiger partial charge in [-0.2, -0.15) is 8.42 Å². The van der Waals surface area contributed by atoms with E-state index >= 15 is 0 Å². The largest absolute Gasteiger partial charge is 0.344 e. The van der Waals surface area contributed by atoms with Crippen LogP contribution in [0.4, 0.5) is 5.69 Å². The Labute approximate surface area is 97.2 Å². The van der Waals surface area contributed by atoms with Crippen molar-refractivity contribution >= 4 is 15.8 Å². The highest BCUT2D eigenvalue weighted by Gasteiger charge is 2.33. The van der Waals surface area contributed by atoms with Crippen molar-refractivity contribution in [2.45, 2.75) is 18.1 Å². The Morgan fingerprint density at radius 1 is 1.53 bits per heavy atom. The number of nitrogens with zero attached hydrogens (tertiary/aromatic N) is 1. The van der Waals surface area contributed by atoms with Crippen LogP contribution in [-0.4, -0.2) is 26.2 Å². The molecule has 92 valence electrons. The third-order valence-corrected chi connectivity index (χ3v) is 3.71. The van der Waals surface area contributed by atoms with Crippen molar-refractivity contribution in [3.05, 3.63) is 33.9 Å². The minimum absolute atomic E-state index is 0.0538. The minimum Gasteiger partial charge on any atom is -0.344 e. The van der Waals surface area contributed by atoms with Crippen LogP contribution in [0.3, 0.4) is 0 Å². The Hall–Kier alpha value is -1.51. The van der Waals surface area contributed by atoms with Crippen LogP contribution in [0.2, 0.25) is 0 Å². The van der Waals surface area contributed by atoms with Gasteiger partial charge in [0.1, 0.15) is 11.5 Å². The monoisotopic (exact) mass is 259 g/mol. The topological polar surface area (TPSA) is 99.0 Å². The third kappa shape index (κ3) is 2.43. The number of epoxide rings is 1. The maximum Gasteiger partial charge on any atom is 0.300 e. The molecule has 0 bridgehead atoms. The summed E-state index contributed by atoms with van der Waals surface area (Å²) >= 11 is 0. The van der Waals surface area contributed by atoms with Crippen molar-refractivity contribution in [3.63, 3.8) is 0 Å². The first-order valence-corrected chi connectivity index (χ1v) is 6.11. The number of rotatable bonds is 4. The predicted octanol–water partition coefficient (Wildman–Crippen LogP) is 0.965. The molecule has 2 rings (SSSR count). The van der Waals surface area contributed by atoms with E-state index < -0.39 is 21.3 Å². The summed E-state index contributed by atoms with van der Waals surface area (Å²) in [5, 5.41) is 10.7. The van der Waals surface area contributed by atoms with Crippen LogP contribution in [0.5, 0.6) is 0 Å². The van der Waals surface area contributed by atoms with Gasteiger partial charge in [-0.05, 0) is 13.0 Å². The van der Waals surface area contributed by atoms with Crippen molar-refractivity contribution in [2.24, 2.45) is 0 Å². The first kappa shape index (κ1) is 12.0. The summed E-state index contributed by atoms with van der Waals surface area (Å²) in [6.45, 7) is 1.58. The van der Waals surface area contributed by atoms with Crippen LogP contribution in [0.25, 0.3) is 0 Å². The molecule has 1 aromatic carbocycles. The van der Waals surface area contributed by atoms with Gasteiger partial charge in [0, 0.05) is 11.6 Å². The average molecular weight is 259 g/mol. The fourth-order valence-electron chi connectivity index (χ4n) is 1.36. The molecule has 7 nitrogen and oxygen atoms in total. The summed E-state index contributed by atoms with van der Waals surface area (Å²) in [7, 11) is -4.01. The lowest BCUT2D eigenvalue weighted by Gasteiger charge is -2.06. The number of nitro groups is 1. The molecule has 0 unspecified atom stereocenters. The van der Waals surface area contributed by atoms with E-state index in [1.807, 2.05) is 0 Å². The Balaban J connectivity index is 2.44. The van der Waals surface area contributed by atoms with Gasteiger partial charge in [-0.1, -0.05) is 6.07 Å². The van der Waals surface area contributed by atoms with Crippen molar-refractivity contribution in [1.82, 2.24) is 0 Å².